The molecule has 3 aromatic carbocycles. The number of benzene rings is 3. The summed E-state index contributed by atoms with van der Waals surface area (Å²) in [6, 6.07) is 21.5. The van der Waals surface area contributed by atoms with Crippen LogP contribution in [0.15, 0.2) is 88.9 Å². The van der Waals surface area contributed by atoms with E-state index in [9.17, 15) is 22.6 Å². The first kappa shape index (κ1) is 24.5. The smallest absolute Gasteiger partial charge is 0.312 e. The summed E-state index contributed by atoms with van der Waals surface area (Å²) in [6.45, 7) is 0. The van der Waals surface area contributed by atoms with Gasteiger partial charge in [0.05, 0.1) is 5.56 Å². The van der Waals surface area contributed by atoms with Gasteiger partial charge < -0.3 is 4.84 Å². The number of rotatable bonds is 8. The van der Waals surface area contributed by atoms with E-state index in [0.29, 0.717) is 5.56 Å². The summed E-state index contributed by atoms with van der Waals surface area (Å²) in [6.07, 6.45) is 4.09. The molecule has 0 aliphatic heterocycles. The highest BCUT2D eigenvalue weighted by Crippen LogP contribution is 2.30. The predicted octanol–water partition coefficient (Wildman–Crippen LogP) is 5.58. The highest BCUT2D eigenvalue weighted by Gasteiger charge is 2.28. The molecule has 180 valence electrons. The molecule has 1 saturated carbocycles. The SMILES string of the molecule is O=C(ON=C(CC1CCCC1)C(=O)c1ccc(-c2ccccc2)cc1S(=O)(=O)O)c1ccccc1. The molecule has 0 heterocycles. The van der Waals surface area contributed by atoms with Crippen molar-refractivity contribution in [2.75, 3.05) is 0 Å². The molecule has 1 aliphatic rings. The van der Waals surface area contributed by atoms with Crippen LogP contribution in [0.4, 0.5) is 0 Å². The minimum absolute atomic E-state index is 0.0569. The van der Waals surface area contributed by atoms with Crippen LogP contribution in [0.25, 0.3) is 11.1 Å². The quantitative estimate of drug-likeness (QED) is 0.145. The summed E-state index contributed by atoms with van der Waals surface area (Å²) in [5, 5.41) is 3.88. The van der Waals surface area contributed by atoms with Crippen LogP contribution in [-0.4, -0.2) is 30.4 Å². The zero-order valence-electron chi connectivity index (χ0n) is 19.0. The number of oxime groups is 1. The Morgan fingerprint density at radius 3 is 2.14 bits per heavy atom. The van der Waals surface area contributed by atoms with Gasteiger partial charge in [0, 0.05) is 5.56 Å². The summed E-state index contributed by atoms with van der Waals surface area (Å²) in [5.41, 5.74) is 1.25. The van der Waals surface area contributed by atoms with Crippen molar-refractivity contribution in [1.82, 2.24) is 0 Å². The number of hydrogen-bond acceptors (Lipinski definition) is 6. The van der Waals surface area contributed by atoms with E-state index >= 15 is 0 Å². The number of carbonyl (C=O) groups is 2. The number of hydrogen-bond donors (Lipinski definition) is 1. The normalized spacial score (nSPS) is 14.6. The molecule has 1 N–H and O–H groups in total. The second-order valence-electron chi connectivity index (χ2n) is 8.52. The maximum Gasteiger partial charge on any atom is 0.365 e. The summed E-state index contributed by atoms with van der Waals surface area (Å²) < 4.78 is 34.4. The van der Waals surface area contributed by atoms with E-state index in [2.05, 4.69) is 5.16 Å². The Bertz CT molecular complexity index is 1340. The standard InChI is InChI=1S/C27H25NO6S/c29-26(23-16-15-22(18-25(23)35(31,32)33)20-11-3-1-4-12-20)24(17-19-9-7-8-10-19)28-34-27(30)21-13-5-2-6-14-21/h1-6,11-16,18-19H,7-10,17H2,(H,31,32,33). The first-order valence-electron chi connectivity index (χ1n) is 11.4. The minimum Gasteiger partial charge on any atom is -0.312 e. The van der Waals surface area contributed by atoms with Crippen molar-refractivity contribution in [1.29, 1.82) is 0 Å². The molecule has 0 radical (unpaired) electrons. The van der Waals surface area contributed by atoms with E-state index in [4.69, 9.17) is 4.84 Å². The molecule has 0 amide bonds. The van der Waals surface area contributed by atoms with E-state index in [1.54, 1.807) is 60.7 Å². The molecule has 0 atom stereocenters. The Labute approximate surface area is 204 Å². The molecule has 1 aliphatic carbocycles. The van der Waals surface area contributed by atoms with E-state index in [1.165, 1.54) is 12.1 Å². The van der Waals surface area contributed by atoms with Crippen molar-refractivity contribution in [2.24, 2.45) is 11.1 Å². The van der Waals surface area contributed by atoms with E-state index in [1.807, 2.05) is 6.07 Å². The first-order chi connectivity index (χ1) is 16.8. The summed E-state index contributed by atoms with van der Waals surface area (Å²) in [5.74, 6) is -1.26. The van der Waals surface area contributed by atoms with Crippen LogP contribution in [0.3, 0.4) is 0 Å². The van der Waals surface area contributed by atoms with Crippen molar-refractivity contribution < 1.29 is 27.4 Å². The third kappa shape index (κ3) is 6.09. The lowest BCUT2D eigenvalue weighted by molar-refractivity contribution is 0.0514. The van der Waals surface area contributed by atoms with Gasteiger partial charge in [-0.1, -0.05) is 85.4 Å². The first-order valence-corrected chi connectivity index (χ1v) is 12.8. The lowest BCUT2D eigenvalue weighted by Gasteiger charge is -2.13. The third-order valence-electron chi connectivity index (χ3n) is 6.08. The molecule has 0 saturated heterocycles. The van der Waals surface area contributed by atoms with Gasteiger partial charge in [-0.15, -0.1) is 0 Å². The van der Waals surface area contributed by atoms with Crippen molar-refractivity contribution in [3.05, 3.63) is 90.0 Å². The molecule has 1 fully saturated rings. The Morgan fingerprint density at radius 2 is 1.51 bits per heavy atom. The molecule has 3 aromatic rings. The van der Waals surface area contributed by atoms with Gasteiger partial charge in [-0.2, -0.15) is 8.42 Å². The monoisotopic (exact) mass is 491 g/mol. The highest BCUT2D eigenvalue weighted by atomic mass is 32.2. The summed E-state index contributed by atoms with van der Waals surface area (Å²) in [7, 11) is -4.73. The van der Waals surface area contributed by atoms with Gasteiger partial charge >= 0.3 is 5.97 Å². The number of ketones is 1. The Kier molecular flexibility index (Phi) is 7.53. The van der Waals surface area contributed by atoms with Crippen LogP contribution >= 0.6 is 0 Å². The fraction of sp³-hybridized carbons (Fsp3) is 0.222. The largest absolute Gasteiger partial charge is 0.365 e. The zero-order chi connectivity index (χ0) is 24.8. The van der Waals surface area contributed by atoms with Crippen molar-refractivity contribution in [3.63, 3.8) is 0 Å². The van der Waals surface area contributed by atoms with Crippen molar-refractivity contribution in [2.45, 2.75) is 37.0 Å². The number of Topliss-reactive ketones (excluding diaryl/α,β-unsaturated/α-hetero) is 1. The molecule has 7 nitrogen and oxygen atoms in total. The van der Waals surface area contributed by atoms with Gasteiger partial charge in [0.15, 0.2) is 0 Å². The predicted molar refractivity (Wildman–Crippen MR) is 132 cm³/mol. The maximum absolute atomic E-state index is 13.5. The summed E-state index contributed by atoms with van der Waals surface area (Å²) >= 11 is 0. The third-order valence-corrected chi connectivity index (χ3v) is 6.97. The van der Waals surface area contributed by atoms with E-state index < -0.39 is 26.8 Å². The lowest BCUT2D eigenvalue weighted by atomic mass is 9.94. The van der Waals surface area contributed by atoms with Gasteiger partial charge in [-0.25, -0.2) is 4.79 Å². The van der Waals surface area contributed by atoms with Crippen LogP contribution in [0, 0.1) is 5.92 Å². The van der Waals surface area contributed by atoms with Crippen LogP contribution in [0.5, 0.6) is 0 Å². The number of nitrogens with zero attached hydrogens (tertiary/aromatic N) is 1. The molecule has 0 aromatic heterocycles. The van der Waals surface area contributed by atoms with Gasteiger partial charge in [0.25, 0.3) is 10.1 Å². The van der Waals surface area contributed by atoms with Crippen LogP contribution < -0.4 is 0 Å². The van der Waals surface area contributed by atoms with E-state index in [0.717, 1.165) is 31.2 Å². The van der Waals surface area contributed by atoms with Gasteiger partial charge in [0.1, 0.15) is 10.6 Å². The van der Waals surface area contributed by atoms with Crippen molar-refractivity contribution in [3.8, 4) is 11.1 Å². The topological polar surface area (TPSA) is 110 Å². The van der Waals surface area contributed by atoms with Crippen LogP contribution in [0.1, 0.15) is 52.8 Å². The Hall–Kier alpha value is -3.62. The van der Waals surface area contributed by atoms with Crippen molar-refractivity contribution >= 4 is 27.6 Å². The average Bonchev–Trinajstić information content (AvgIpc) is 3.39. The zero-order valence-corrected chi connectivity index (χ0v) is 19.8. The highest BCUT2D eigenvalue weighted by molar-refractivity contribution is 7.86. The second kappa shape index (κ2) is 10.8. The summed E-state index contributed by atoms with van der Waals surface area (Å²) in [4.78, 5) is 30.5. The van der Waals surface area contributed by atoms with Crippen LogP contribution in [-0.2, 0) is 15.0 Å². The molecule has 0 bridgehead atoms. The number of carbonyl (C=O) groups excluding carboxylic acids is 2. The molecular weight excluding hydrogens is 466 g/mol. The lowest BCUT2D eigenvalue weighted by Crippen LogP contribution is -2.21. The van der Waals surface area contributed by atoms with Gasteiger partial charge in [0.2, 0.25) is 5.78 Å². The Morgan fingerprint density at radius 1 is 0.886 bits per heavy atom. The minimum atomic E-state index is -4.73. The fourth-order valence-corrected chi connectivity index (χ4v) is 4.99. The van der Waals surface area contributed by atoms with E-state index in [-0.39, 0.29) is 29.2 Å². The Balaban J connectivity index is 1.70. The molecule has 0 unspecified atom stereocenters. The van der Waals surface area contributed by atoms with Gasteiger partial charge in [-0.3, -0.25) is 9.35 Å². The van der Waals surface area contributed by atoms with Gasteiger partial charge in [-0.05, 0) is 47.7 Å². The van der Waals surface area contributed by atoms with Crippen LogP contribution in [0.2, 0.25) is 0 Å². The molecule has 8 heteroatoms. The second-order valence-corrected chi connectivity index (χ2v) is 9.91. The molecular formula is C27H25NO6S. The fourth-order valence-electron chi connectivity index (χ4n) is 4.27. The maximum atomic E-state index is 13.5. The molecule has 0 spiro atoms. The molecule has 35 heavy (non-hydrogen) atoms. The average molecular weight is 492 g/mol. The molecule has 4 rings (SSSR count).